The van der Waals surface area contributed by atoms with Crippen LogP contribution < -0.4 is 11.5 Å². The zero-order valence-corrected chi connectivity index (χ0v) is 11.1. The standard InChI is InChI=1S/C14H20N2O2/c1-9(2)16-12-8-11(10(3)6-7-15)4-5-13(12)18-14(16)17/h4-5,8-10H,6-7,15H2,1-3H3. The number of aromatic nitrogens is 1. The number of hydrogen-bond acceptors (Lipinski definition) is 3. The fraction of sp³-hybridized carbons (Fsp3) is 0.500. The molecule has 0 amide bonds. The third-order valence-corrected chi connectivity index (χ3v) is 3.32. The zero-order valence-electron chi connectivity index (χ0n) is 11.1. The average Bonchev–Trinajstić information content (AvgIpc) is 2.64. The van der Waals surface area contributed by atoms with Gasteiger partial charge < -0.3 is 10.2 Å². The minimum Gasteiger partial charge on any atom is -0.408 e. The Bertz CT molecular complexity index is 595. The van der Waals surface area contributed by atoms with E-state index in [4.69, 9.17) is 10.2 Å². The highest BCUT2D eigenvalue weighted by atomic mass is 16.4. The van der Waals surface area contributed by atoms with Crippen LogP contribution in [0.2, 0.25) is 0 Å². The molecule has 0 spiro atoms. The van der Waals surface area contributed by atoms with Crippen molar-refractivity contribution in [1.82, 2.24) is 4.57 Å². The summed E-state index contributed by atoms with van der Waals surface area (Å²) >= 11 is 0. The first-order chi connectivity index (χ1) is 8.54. The molecular weight excluding hydrogens is 228 g/mol. The Morgan fingerprint density at radius 3 is 2.67 bits per heavy atom. The van der Waals surface area contributed by atoms with Crippen molar-refractivity contribution in [2.45, 2.75) is 39.2 Å². The zero-order chi connectivity index (χ0) is 13.3. The number of fused-ring (bicyclic) bond motifs is 1. The van der Waals surface area contributed by atoms with Crippen LogP contribution in [0, 0.1) is 0 Å². The molecule has 0 aliphatic carbocycles. The Hall–Kier alpha value is -1.55. The van der Waals surface area contributed by atoms with Crippen LogP contribution in [-0.4, -0.2) is 11.1 Å². The highest BCUT2D eigenvalue weighted by Crippen LogP contribution is 2.24. The van der Waals surface area contributed by atoms with Gasteiger partial charge in [-0.05, 0) is 50.4 Å². The first-order valence-electron chi connectivity index (χ1n) is 6.39. The van der Waals surface area contributed by atoms with E-state index in [-0.39, 0.29) is 11.8 Å². The largest absolute Gasteiger partial charge is 0.420 e. The molecule has 0 aliphatic heterocycles. The van der Waals surface area contributed by atoms with Crippen LogP contribution in [0.5, 0.6) is 0 Å². The second-order valence-corrected chi connectivity index (χ2v) is 5.04. The first kappa shape index (κ1) is 12.9. The maximum atomic E-state index is 11.8. The minimum atomic E-state index is -0.288. The van der Waals surface area contributed by atoms with E-state index in [2.05, 4.69) is 6.92 Å². The van der Waals surface area contributed by atoms with E-state index in [1.165, 1.54) is 5.56 Å². The SMILES string of the molecule is CC(CCN)c1ccc2oc(=O)n(C(C)C)c2c1. The van der Waals surface area contributed by atoms with Gasteiger partial charge in [0.1, 0.15) is 0 Å². The van der Waals surface area contributed by atoms with E-state index >= 15 is 0 Å². The molecule has 1 aromatic carbocycles. The highest BCUT2D eigenvalue weighted by molar-refractivity contribution is 5.74. The van der Waals surface area contributed by atoms with Gasteiger partial charge in [-0.3, -0.25) is 4.57 Å². The highest BCUT2D eigenvalue weighted by Gasteiger charge is 2.14. The number of hydrogen-bond donors (Lipinski definition) is 1. The summed E-state index contributed by atoms with van der Waals surface area (Å²) in [4.78, 5) is 11.8. The first-order valence-corrected chi connectivity index (χ1v) is 6.39. The third-order valence-electron chi connectivity index (χ3n) is 3.32. The van der Waals surface area contributed by atoms with E-state index in [1.54, 1.807) is 4.57 Å². The number of rotatable bonds is 4. The van der Waals surface area contributed by atoms with Gasteiger partial charge in [0, 0.05) is 6.04 Å². The van der Waals surface area contributed by atoms with Crippen molar-refractivity contribution < 1.29 is 4.42 Å². The quantitative estimate of drug-likeness (QED) is 0.904. The smallest absolute Gasteiger partial charge is 0.408 e. The predicted molar refractivity (Wildman–Crippen MR) is 72.9 cm³/mol. The molecular formula is C14H20N2O2. The molecule has 1 aromatic heterocycles. The molecule has 4 nitrogen and oxygen atoms in total. The second kappa shape index (κ2) is 4.98. The molecule has 0 saturated carbocycles. The van der Waals surface area contributed by atoms with E-state index in [0.717, 1.165) is 11.9 Å². The van der Waals surface area contributed by atoms with Gasteiger partial charge in [0.25, 0.3) is 0 Å². The van der Waals surface area contributed by atoms with Crippen LogP contribution in [0.25, 0.3) is 11.1 Å². The van der Waals surface area contributed by atoms with Crippen LogP contribution in [-0.2, 0) is 0 Å². The molecule has 4 heteroatoms. The summed E-state index contributed by atoms with van der Waals surface area (Å²) in [5.74, 6) is 0.105. The molecule has 2 N–H and O–H groups in total. The lowest BCUT2D eigenvalue weighted by Gasteiger charge is -2.11. The monoisotopic (exact) mass is 248 g/mol. The van der Waals surface area contributed by atoms with Gasteiger partial charge in [-0.15, -0.1) is 0 Å². The Labute approximate surface area is 106 Å². The van der Waals surface area contributed by atoms with Crippen LogP contribution in [0.15, 0.2) is 27.4 Å². The normalized spacial score (nSPS) is 13.4. The van der Waals surface area contributed by atoms with Crippen molar-refractivity contribution in [3.05, 3.63) is 34.3 Å². The van der Waals surface area contributed by atoms with Crippen molar-refractivity contribution in [2.75, 3.05) is 6.54 Å². The van der Waals surface area contributed by atoms with Crippen molar-refractivity contribution in [3.8, 4) is 0 Å². The van der Waals surface area contributed by atoms with Gasteiger partial charge in [-0.2, -0.15) is 0 Å². The fourth-order valence-electron chi connectivity index (χ4n) is 2.26. The number of nitrogens with two attached hydrogens (primary N) is 1. The second-order valence-electron chi connectivity index (χ2n) is 5.04. The van der Waals surface area contributed by atoms with E-state index < -0.39 is 0 Å². The van der Waals surface area contributed by atoms with Crippen molar-refractivity contribution in [1.29, 1.82) is 0 Å². The molecule has 0 radical (unpaired) electrons. The summed E-state index contributed by atoms with van der Waals surface area (Å²) in [6.07, 6.45) is 0.940. The molecule has 18 heavy (non-hydrogen) atoms. The van der Waals surface area contributed by atoms with Crippen LogP contribution in [0.3, 0.4) is 0 Å². The molecule has 1 atom stereocenters. The third kappa shape index (κ3) is 2.20. The lowest BCUT2D eigenvalue weighted by atomic mass is 9.97. The van der Waals surface area contributed by atoms with Crippen LogP contribution in [0.4, 0.5) is 0 Å². The Morgan fingerprint density at radius 2 is 2.06 bits per heavy atom. The lowest BCUT2D eigenvalue weighted by molar-refractivity contribution is 0.478. The Kier molecular flexibility index (Phi) is 3.57. The number of benzene rings is 1. The molecule has 0 aliphatic rings. The van der Waals surface area contributed by atoms with E-state index in [1.807, 2.05) is 32.0 Å². The summed E-state index contributed by atoms with van der Waals surface area (Å²) in [6, 6.07) is 6.02. The number of nitrogens with zero attached hydrogens (tertiary/aromatic N) is 1. The summed E-state index contributed by atoms with van der Waals surface area (Å²) in [7, 11) is 0. The fourth-order valence-corrected chi connectivity index (χ4v) is 2.26. The lowest BCUT2D eigenvalue weighted by Crippen LogP contribution is -2.16. The van der Waals surface area contributed by atoms with Crippen LogP contribution >= 0.6 is 0 Å². The molecule has 0 fully saturated rings. The van der Waals surface area contributed by atoms with Gasteiger partial charge in [-0.1, -0.05) is 13.0 Å². The van der Waals surface area contributed by atoms with Gasteiger partial charge in [-0.25, -0.2) is 4.79 Å². The van der Waals surface area contributed by atoms with E-state index in [0.29, 0.717) is 18.0 Å². The molecule has 98 valence electrons. The van der Waals surface area contributed by atoms with Gasteiger partial charge in [0.15, 0.2) is 5.58 Å². The Morgan fingerprint density at radius 1 is 1.33 bits per heavy atom. The summed E-state index contributed by atoms with van der Waals surface area (Å²) < 4.78 is 6.93. The maximum absolute atomic E-state index is 11.8. The molecule has 1 heterocycles. The van der Waals surface area contributed by atoms with E-state index in [9.17, 15) is 4.79 Å². The molecule has 2 rings (SSSR count). The van der Waals surface area contributed by atoms with Gasteiger partial charge in [0.05, 0.1) is 5.52 Å². The summed E-state index contributed by atoms with van der Waals surface area (Å²) in [5, 5.41) is 0. The molecule has 1 unspecified atom stereocenters. The Balaban J connectivity index is 2.55. The maximum Gasteiger partial charge on any atom is 0.420 e. The minimum absolute atomic E-state index is 0.0961. The summed E-state index contributed by atoms with van der Waals surface area (Å²) in [5.41, 5.74) is 8.31. The topological polar surface area (TPSA) is 61.2 Å². The molecule has 0 saturated heterocycles. The predicted octanol–water partition coefficient (Wildman–Crippen LogP) is 2.63. The number of oxazole rings is 1. The molecule has 2 aromatic rings. The average molecular weight is 248 g/mol. The van der Waals surface area contributed by atoms with Gasteiger partial charge >= 0.3 is 5.76 Å². The van der Waals surface area contributed by atoms with Gasteiger partial charge in [0.2, 0.25) is 0 Å². The van der Waals surface area contributed by atoms with Crippen molar-refractivity contribution in [2.24, 2.45) is 5.73 Å². The van der Waals surface area contributed by atoms with Crippen molar-refractivity contribution in [3.63, 3.8) is 0 Å². The van der Waals surface area contributed by atoms with Crippen LogP contribution in [0.1, 0.15) is 44.7 Å². The molecule has 0 bridgehead atoms. The van der Waals surface area contributed by atoms with Crippen molar-refractivity contribution >= 4 is 11.1 Å². The summed E-state index contributed by atoms with van der Waals surface area (Å²) in [6.45, 7) is 6.77.